The van der Waals surface area contributed by atoms with Crippen LogP contribution >= 0.6 is 23.5 Å². The van der Waals surface area contributed by atoms with E-state index in [1.807, 2.05) is 72.9 Å². The van der Waals surface area contributed by atoms with E-state index in [-0.39, 0.29) is 12.5 Å². The lowest BCUT2D eigenvalue weighted by atomic mass is 10.2. The minimum Gasteiger partial charge on any atom is -0.494 e. The molecule has 2 aromatic carbocycles. The lowest BCUT2D eigenvalue weighted by molar-refractivity contribution is -0.123. The Kier molecular flexibility index (Phi) is 8.89. The zero-order valence-electron chi connectivity index (χ0n) is 17.2. The van der Waals surface area contributed by atoms with Crippen LogP contribution in [0.3, 0.4) is 0 Å². The molecule has 0 bridgehead atoms. The van der Waals surface area contributed by atoms with Crippen LogP contribution in [-0.2, 0) is 4.79 Å². The van der Waals surface area contributed by atoms with Crippen LogP contribution in [0.5, 0.6) is 23.0 Å². The van der Waals surface area contributed by atoms with Gasteiger partial charge >= 0.3 is 0 Å². The Balaban J connectivity index is 1.38. The quantitative estimate of drug-likeness (QED) is 0.517. The van der Waals surface area contributed by atoms with Gasteiger partial charge < -0.3 is 24.3 Å². The van der Waals surface area contributed by atoms with Crippen LogP contribution < -0.4 is 24.3 Å². The normalized spacial score (nSPS) is 13.7. The van der Waals surface area contributed by atoms with Gasteiger partial charge in [-0.1, -0.05) is 6.07 Å². The van der Waals surface area contributed by atoms with Gasteiger partial charge in [-0.3, -0.25) is 4.79 Å². The molecule has 0 radical (unpaired) electrons. The van der Waals surface area contributed by atoms with Crippen LogP contribution in [0.4, 0.5) is 0 Å². The van der Waals surface area contributed by atoms with Crippen LogP contribution in [0.2, 0.25) is 0 Å². The first-order valence-electron chi connectivity index (χ1n) is 9.86. The van der Waals surface area contributed by atoms with E-state index in [4.69, 9.17) is 18.9 Å². The van der Waals surface area contributed by atoms with Gasteiger partial charge in [0.05, 0.1) is 24.8 Å². The summed E-state index contributed by atoms with van der Waals surface area (Å²) in [5, 5.41) is 2.79. The lowest BCUT2D eigenvalue weighted by Crippen LogP contribution is -2.32. The number of benzene rings is 2. The molecular weight excluding hydrogens is 422 g/mol. The second-order valence-electron chi connectivity index (χ2n) is 6.38. The zero-order valence-corrected chi connectivity index (χ0v) is 18.9. The van der Waals surface area contributed by atoms with Crippen molar-refractivity contribution in [2.75, 3.05) is 45.0 Å². The molecule has 162 valence electrons. The molecule has 3 rings (SSSR count). The third-order valence-electron chi connectivity index (χ3n) is 4.27. The number of thioether (sulfide) groups is 2. The van der Waals surface area contributed by atoms with E-state index in [2.05, 4.69) is 5.32 Å². The van der Waals surface area contributed by atoms with Crippen molar-refractivity contribution in [1.82, 2.24) is 5.32 Å². The molecule has 2 aromatic rings. The van der Waals surface area contributed by atoms with Crippen molar-refractivity contribution in [2.45, 2.75) is 11.5 Å². The van der Waals surface area contributed by atoms with Crippen molar-refractivity contribution in [1.29, 1.82) is 0 Å². The van der Waals surface area contributed by atoms with Crippen LogP contribution in [0.15, 0.2) is 42.5 Å². The summed E-state index contributed by atoms with van der Waals surface area (Å²) in [5.74, 6) is 4.86. The summed E-state index contributed by atoms with van der Waals surface area (Å²) in [5.41, 5.74) is 1.21. The Hall–Kier alpha value is -2.19. The molecule has 1 heterocycles. The van der Waals surface area contributed by atoms with Crippen molar-refractivity contribution in [2.24, 2.45) is 0 Å². The van der Waals surface area contributed by atoms with Gasteiger partial charge in [-0.25, -0.2) is 0 Å². The molecule has 30 heavy (non-hydrogen) atoms. The number of ether oxygens (including phenoxy) is 4. The lowest BCUT2D eigenvalue weighted by Gasteiger charge is -2.14. The maximum absolute atomic E-state index is 12.1. The Labute approximate surface area is 186 Å². The largest absolute Gasteiger partial charge is 0.494 e. The highest BCUT2D eigenvalue weighted by Gasteiger charge is 2.20. The summed E-state index contributed by atoms with van der Waals surface area (Å²) in [6.07, 6.45) is 0. The predicted octanol–water partition coefficient (Wildman–Crippen LogP) is 4.15. The molecule has 1 aliphatic heterocycles. The maximum Gasteiger partial charge on any atom is 0.258 e. The van der Waals surface area contributed by atoms with Crippen LogP contribution in [0, 0.1) is 0 Å². The number of methoxy groups -OCH3 is 1. The highest BCUT2D eigenvalue weighted by molar-refractivity contribution is 8.19. The third kappa shape index (κ3) is 6.67. The van der Waals surface area contributed by atoms with Crippen molar-refractivity contribution in [3.8, 4) is 23.0 Å². The van der Waals surface area contributed by atoms with Gasteiger partial charge in [0.15, 0.2) is 18.1 Å². The summed E-state index contributed by atoms with van der Waals surface area (Å²) in [4.78, 5) is 12.1. The molecule has 0 spiro atoms. The Bertz CT molecular complexity index is 810. The van der Waals surface area contributed by atoms with Gasteiger partial charge in [0, 0.05) is 11.5 Å². The van der Waals surface area contributed by atoms with E-state index in [1.165, 1.54) is 17.1 Å². The van der Waals surface area contributed by atoms with E-state index in [1.54, 1.807) is 7.11 Å². The molecule has 1 amide bonds. The fraction of sp³-hybridized carbons (Fsp3) is 0.409. The Morgan fingerprint density at radius 2 is 1.70 bits per heavy atom. The molecule has 1 fully saturated rings. The summed E-state index contributed by atoms with van der Waals surface area (Å²) in [7, 11) is 1.61. The van der Waals surface area contributed by atoms with Gasteiger partial charge in [0.2, 0.25) is 0 Å². The molecule has 0 aromatic heterocycles. The van der Waals surface area contributed by atoms with Crippen LogP contribution in [0.25, 0.3) is 0 Å². The average Bonchev–Trinajstić information content (AvgIpc) is 3.31. The molecular formula is C22H27NO5S2. The predicted molar refractivity (Wildman–Crippen MR) is 122 cm³/mol. The standard InChI is InChI=1S/C22H27NO5S2/c1-3-26-17-5-7-18(8-6-17)27-11-10-23-21(24)15-28-19-9-4-16(14-20(19)25-2)22-29-12-13-30-22/h4-9,14,22H,3,10-13,15H2,1-2H3,(H,23,24). The van der Waals surface area contributed by atoms with Crippen LogP contribution in [-0.4, -0.2) is 50.9 Å². The van der Waals surface area contributed by atoms with Gasteiger partial charge in [-0.15, -0.1) is 23.5 Å². The zero-order chi connectivity index (χ0) is 21.2. The number of carbonyl (C=O) groups is 1. The van der Waals surface area contributed by atoms with E-state index in [0.29, 0.717) is 35.8 Å². The molecule has 0 atom stereocenters. The fourth-order valence-electron chi connectivity index (χ4n) is 2.85. The average molecular weight is 450 g/mol. The summed E-state index contributed by atoms with van der Waals surface area (Å²) < 4.78 is 22.5. The molecule has 0 unspecified atom stereocenters. The van der Waals surface area contributed by atoms with E-state index < -0.39 is 0 Å². The maximum atomic E-state index is 12.1. The van der Waals surface area contributed by atoms with Gasteiger partial charge in [0.25, 0.3) is 5.91 Å². The first kappa shape index (κ1) is 22.5. The van der Waals surface area contributed by atoms with Crippen molar-refractivity contribution in [3.05, 3.63) is 48.0 Å². The third-order valence-corrected chi connectivity index (χ3v) is 7.37. The minimum atomic E-state index is -0.210. The summed E-state index contributed by atoms with van der Waals surface area (Å²) in [6, 6.07) is 13.3. The fourth-order valence-corrected chi connectivity index (χ4v) is 5.69. The Morgan fingerprint density at radius 3 is 2.37 bits per heavy atom. The van der Waals surface area contributed by atoms with E-state index in [0.717, 1.165) is 11.5 Å². The number of nitrogens with one attached hydrogen (secondary N) is 1. The van der Waals surface area contributed by atoms with Gasteiger partial charge in [-0.2, -0.15) is 0 Å². The molecule has 0 aliphatic carbocycles. The highest BCUT2D eigenvalue weighted by atomic mass is 32.2. The minimum absolute atomic E-state index is 0.0777. The van der Waals surface area contributed by atoms with Gasteiger partial charge in [-0.05, 0) is 48.9 Å². The summed E-state index contributed by atoms with van der Waals surface area (Å²) >= 11 is 3.87. The van der Waals surface area contributed by atoms with E-state index >= 15 is 0 Å². The first-order valence-corrected chi connectivity index (χ1v) is 12.0. The second-order valence-corrected chi connectivity index (χ2v) is 9.10. The second kappa shape index (κ2) is 11.9. The molecule has 1 saturated heterocycles. The summed E-state index contributed by atoms with van der Waals surface area (Å²) in [6.45, 7) is 3.25. The monoisotopic (exact) mass is 449 g/mol. The van der Waals surface area contributed by atoms with Crippen molar-refractivity contribution in [3.63, 3.8) is 0 Å². The molecule has 6 nitrogen and oxygen atoms in total. The molecule has 8 heteroatoms. The molecule has 1 N–H and O–H groups in total. The van der Waals surface area contributed by atoms with Gasteiger partial charge in [0.1, 0.15) is 18.1 Å². The number of amides is 1. The van der Waals surface area contributed by atoms with Crippen LogP contribution in [0.1, 0.15) is 17.1 Å². The first-order chi connectivity index (χ1) is 14.7. The number of rotatable bonds is 11. The SMILES string of the molecule is CCOc1ccc(OCCNC(=O)COc2ccc(C3SCCS3)cc2OC)cc1. The topological polar surface area (TPSA) is 66.0 Å². The van der Waals surface area contributed by atoms with Crippen molar-refractivity contribution < 1.29 is 23.7 Å². The number of carbonyl (C=O) groups excluding carboxylic acids is 1. The van der Waals surface area contributed by atoms with Crippen molar-refractivity contribution >= 4 is 29.4 Å². The van der Waals surface area contributed by atoms with E-state index in [9.17, 15) is 4.79 Å². The molecule has 1 aliphatic rings. The Morgan fingerprint density at radius 1 is 1.00 bits per heavy atom. The highest BCUT2D eigenvalue weighted by Crippen LogP contribution is 2.46. The molecule has 0 saturated carbocycles. The number of hydrogen-bond donors (Lipinski definition) is 1. The smallest absolute Gasteiger partial charge is 0.258 e. The number of hydrogen-bond acceptors (Lipinski definition) is 7.